The predicted octanol–water partition coefficient (Wildman–Crippen LogP) is 4.95. The Kier molecular flexibility index (Phi) is 7.46. The van der Waals surface area contributed by atoms with Gasteiger partial charge in [-0.25, -0.2) is 0 Å². The summed E-state index contributed by atoms with van der Waals surface area (Å²) in [6, 6.07) is 16.2. The molecule has 0 aromatic heterocycles. The largest absolute Gasteiger partial charge is 0.338 e. The van der Waals surface area contributed by atoms with E-state index >= 15 is 0 Å². The Morgan fingerprint density at radius 3 is 2.61 bits per heavy atom. The van der Waals surface area contributed by atoms with E-state index in [-0.39, 0.29) is 5.91 Å². The van der Waals surface area contributed by atoms with Gasteiger partial charge < -0.3 is 4.90 Å². The molecule has 0 spiro atoms. The molecule has 3 nitrogen and oxygen atoms in total. The molecule has 1 aliphatic rings. The predicted molar refractivity (Wildman–Crippen MR) is 117 cm³/mol. The van der Waals surface area contributed by atoms with E-state index < -0.39 is 0 Å². The zero-order chi connectivity index (χ0) is 19.8. The molecule has 0 aliphatic carbocycles. The van der Waals surface area contributed by atoms with Gasteiger partial charge in [0.05, 0.1) is 0 Å². The maximum Gasteiger partial charge on any atom is 0.246 e. The van der Waals surface area contributed by atoms with Crippen LogP contribution >= 0.6 is 11.6 Å². The minimum Gasteiger partial charge on any atom is -0.338 e. The van der Waals surface area contributed by atoms with Crippen molar-refractivity contribution in [3.63, 3.8) is 0 Å². The van der Waals surface area contributed by atoms with Gasteiger partial charge in [-0.3, -0.25) is 9.69 Å². The summed E-state index contributed by atoms with van der Waals surface area (Å²) >= 11 is 6.13. The Hall–Kier alpha value is -2.36. The van der Waals surface area contributed by atoms with Gasteiger partial charge in [0.25, 0.3) is 0 Å². The number of amides is 1. The number of hydrogen-bond donors (Lipinski definition) is 0. The van der Waals surface area contributed by atoms with E-state index in [1.165, 1.54) is 11.1 Å². The second-order valence-electron chi connectivity index (χ2n) is 7.12. The van der Waals surface area contributed by atoms with Gasteiger partial charge in [-0.2, -0.15) is 0 Å². The fourth-order valence-corrected chi connectivity index (χ4v) is 3.59. The van der Waals surface area contributed by atoms with Gasteiger partial charge in [-0.15, -0.1) is 0 Å². The minimum absolute atomic E-state index is 0.0709. The van der Waals surface area contributed by atoms with Crippen LogP contribution in [0.15, 0.2) is 66.8 Å². The molecule has 1 aliphatic heterocycles. The summed E-state index contributed by atoms with van der Waals surface area (Å²) in [5.74, 6) is 0.0709. The summed E-state index contributed by atoms with van der Waals surface area (Å²) in [7, 11) is 0. The number of rotatable bonds is 5. The second-order valence-corrected chi connectivity index (χ2v) is 7.53. The Balaban J connectivity index is 1.51. The number of carbonyl (C=O) groups is 1. The third-order valence-electron chi connectivity index (χ3n) is 5.09. The van der Waals surface area contributed by atoms with Gasteiger partial charge in [-0.05, 0) is 36.1 Å². The standard InChI is InChI=1S/C24H27ClN2O/c1-20-9-2-3-12-22(20)19-26-15-8-16-27(18-17-26)24(28)14-7-5-11-21-10-4-6-13-23(21)25/h2-7,9-14H,8,15-19H2,1H3. The summed E-state index contributed by atoms with van der Waals surface area (Å²) < 4.78 is 0. The first-order valence-corrected chi connectivity index (χ1v) is 10.2. The van der Waals surface area contributed by atoms with Crippen LogP contribution in [-0.2, 0) is 11.3 Å². The highest BCUT2D eigenvalue weighted by molar-refractivity contribution is 6.32. The molecular weight excluding hydrogens is 368 g/mol. The first-order valence-electron chi connectivity index (χ1n) is 9.78. The molecule has 1 heterocycles. The fourth-order valence-electron chi connectivity index (χ4n) is 3.39. The third-order valence-corrected chi connectivity index (χ3v) is 5.43. The van der Waals surface area contributed by atoms with Crippen LogP contribution in [0.25, 0.3) is 6.08 Å². The van der Waals surface area contributed by atoms with Gasteiger partial charge in [0.1, 0.15) is 0 Å². The summed E-state index contributed by atoms with van der Waals surface area (Å²) in [6.07, 6.45) is 8.22. The Bertz CT molecular complexity index is 859. The lowest BCUT2D eigenvalue weighted by atomic mass is 10.1. The van der Waals surface area contributed by atoms with Crippen LogP contribution in [0, 0.1) is 6.92 Å². The maximum atomic E-state index is 12.5. The van der Waals surface area contributed by atoms with Crippen molar-refractivity contribution >= 4 is 23.6 Å². The van der Waals surface area contributed by atoms with E-state index in [0.717, 1.165) is 44.7 Å². The number of benzene rings is 2. The van der Waals surface area contributed by atoms with Gasteiger partial charge in [-0.1, -0.05) is 72.3 Å². The highest BCUT2D eigenvalue weighted by Gasteiger charge is 2.17. The topological polar surface area (TPSA) is 23.6 Å². The van der Waals surface area contributed by atoms with Crippen molar-refractivity contribution in [1.29, 1.82) is 0 Å². The zero-order valence-electron chi connectivity index (χ0n) is 16.4. The average Bonchev–Trinajstić information content (AvgIpc) is 2.94. The minimum atomic E-state index is 0.0709. The number of hydrogen-bond acceptors (Lipinski definition) is 2. The first kappa shape index (κ1) is 20.4. The zero-order valence-corrected chi connectivity index (χ0v) is 17.1. The lowest BCUT2D eigenvalue weighted by Gasteiger charge is -2.22. The van der Waals surface area contributed by atoms with E-state index in [9.17, 15) is 4.79 Å². The normalized spacial score (nSPS) is 16.0. The monoisotopic (exact) mass is 394 g/mol. The fraction of sp³-hybridized carbons (Fsp3) is 0.292. The number of halogens is 1. The SMILES string of the molecule is Cc1ccccc1CN1CCCN(C(=O)C=CC=Cc2ccccc2Cl)CC1. The van der Waals surface area contributed by atoms with Gasteiger partial charge in [0, 0.05) is 43.8 Å². The molecule has 0 unspecified atom stereocenters. The van der Waals surface area contributed by atoms with Crippen molar-refractivity contribution in [2.45, 2.75) is 19.9 Å². The van der Waals surface area contributed by atoms with Crippen molar-refractivity contribution < 1.29 is 4.79 Å². The van der Waals surface area contributed by atoms with Crippen LogP contribution in [0.2, 0.25) is 5.02 Å². The van der Waals surface area contributed by atoms with E-state index in [2.05, 4.69) is 36.1 Å². The van der Waals surface area contributed by atoms with Gasteiger partial charge in [0.2, 0.25) is 5.91 Å². The lowest BCUT2D eigenvalue weighted by molar-refractivity contribution is -0.125. The van der Waals surface area contributed by atoms with Gasteiger partial charge in [0.15, 0.2) is 0 Å². The number of aryl methyl sites for hydroxylation is 1. The van der Waals surface area contributed by atoms with Crippen LogP contribution in [0.3, 0.4) is 0 Å². The van der Waals surface area contributed by atoms with Crippen molar-refractivity contribution in [2.75, 3.05) is 26.2 Å². The molecule has 28 heavy (non-hydrogen) atoms. The number of nitrogens with zero attached hydrogens (tertiary/aromatic N) is 2. The third kappa shape index (κ3) is 5.82. The van der Waals surface area contributed by atoms with Crippen molar-refractivity contribution in [3.8, 4) is 0 Å². The Morgan fingerprint density at radius 2 is 1.79 bits per heavy atom. The van der Waals surface area contributed by atoms with Crippen molar-refractivity contribution in [3.05, 3.63) is 88.5 Å². The molecule has 1 amide bonds. The van der Waals surface area contributed by atoms with E-state index in [1.807, 2.05) is 41.3 Å². The molecule has 2 aromatic rings. The molecule has 1 fully saturated rings. The van der Waals surface area contributed by atoms with Crippen LogP contribution < -0.4 is 0 Å². The Morgan fingerprint density at radius 1 is 1.00 bits per heavy atom. The molecule has 1 saturated heterocycles. The van der Waals surface area contributed by atoms with Crippen LogP contribution in [-0.4, -0.2) is 41.9 Å². The molecule has 4 heteroatoms. The molecule has 0 N–H and O–H groups in total. The van der Waals surface area contributed by atoms with Crippen molar-refractivity contribution in [1.82, 2.24) is 9.80 Å². The van der Waals surface area contributed by atoms with Crippen LogP contribution in [0.1, 0.15) is 23.1 Å². The molecule has 0 radical (unpaired) electrons. The smallest absolute Gasteiger partial charge is 0.246 e. The summed E-state index contributed by atoms with van der Waals surface area (Å²) in [4.78, 5) is 16.9. The van der Waals surface area contributed by atoms with E-state index in [0.29, 0.717) is 5.02 Å². The molecule has 0 bridgehead atoms. The number of carbonyl (C=O) groups excluding carboxylic acids is 1. The summed E-state index contributed by atoms with van der Waals surface area (Å²) in [5, 5.41) is 0.708. The van der Waals surface area contributed by atoms with Crippen LogP contribution in [0.5, 0.6) is 0 Å². The van der Waals surface area contributed by atoms with E-state index in [1.54, 1.807) is 12.2 Å². The quantitative estimate of drug-likeness (QED) is 0.529. The Labute approximate surface area is 172 Å². The average molecular weight is 395 g/mol. The number of allylic oxidation sites excluding steroid dienone is 2. The molecule has 2 aromatic carbocycles. The molecule has 0 atom stereocenters. The molecule has 0 saturated carbocycles. The molecule has 3 rings (SSSR count). The van der Waals surface area contributed by atoms with Crippen LogP contribution in [0.4, 0.5) is 0 Å². The second kappa shape index (κ2) is 10.3. The summed E-state index contributed by atoms with van der Waals surface area (Å²) in [5.41, 5.74) is 3.64. The highest BCUT2D eigenvalue weighted by atomic mass is 35.5. The summed E-state index contributed by atoms with van der Waals surface area (Å²) in [6.45, 7) is 6.61. The van der Waals surface area contributed by atoms with Crippen molar-refractivity contribution in [2.24, 2.45) is 0 Å². The van der Waals surface area contributed by atoms with E-state index in [4.69, 9.17) is 11.6 Å². The maximum absolute atomic E-state index is 12.5. The molecule has 146 valence electrons. The first-order chi connectivity index (χ1) is 13.6. The molecular formula is C24H27ClN2O. The highest BCUT2D eigenvalue weighted by Crippen LogP contribution is 2.16. The lowest BCUT2D eigenvalue weighted by Crippen LogP contribution is -2.34. The van der Waals surface area contributed by atoms with Gasteiger partial charge >= 0.3 is 0 Å².